The average Bonchev–Trinajstić information content (AvgIpc) is 2.39. The number of methoxy groups -OCH3 is 1. The van der Waals surface area contributed by atoms with E-state index in [0.29, 0.717) is 5.88 Å². The van der Waals surface area contributed by atoms with Gasteiger partial charge < -0.3 is 10.1 Å². The van der Waals surface area contributed by atoms with Crippen LogP contribution in [-0.2, 0) is 0 Å². The van der Waals surface area contributed by atoms with Gasteiger partial charge in [0.1, 0.15) is 0 Å². The first-order chi connectivity index (χ1) is 8.22. The Morgan fingerprint density at radius 2 is 2.18 bits per heavy atom. The van der Waals surface area contributed by atoms with Crippen molar-refractivity contribution >= 4 is 5.78 Å². The molecular weight excluding hydrogens is 216 g/mol. The van der Waals surface area contributed by atoms with Gasteiger partial charge >= 0.3 is 5.88 Å². The molecule has 1 fully saturated rings. The van der Waals surface area contributed by atoms with Crippen LogP contribution in [0.1, 0.15) is 28.8 Å². The average molecular weight is 235 g/mol. The zero-order valence-corrected chi connectivity index (χ0v) is 10.4. The molecule has 1 saturated heterocycles. The lowest BCUT2D eigenvalue weighted by Gasteiger charge is -2.20. The number of H-pyrrole nitrogens is 1. The summed E-state index contributed by atoms with van der Waals surface area (Å²) in [5.74, 6) is 1.12. The second-order valence-electron chi connectivity index (χ2n) is 4.49. The molecule has 0 saturated carbocycles. The maximum absolute atomic E-state index is 12.3. The van der Waals surface area contributed by atoms with Gasteiger partial charge in [-0.1, -0.05) is 0 Å². The van der Waals surface area contributed by atoms with Gasteiger partial charge in [-0.3, -0.25) is 4.79 Å². The first-order valence-corrected chi connectivity index (χ1v) is 6.03. The molecule has 1 aliphatic rings. The smallest absolute Gasteiger partial charge is 0.368 e. The summed E-state index contributed by atoms with van der Waals surface area (Å²) in [6.07, 6.45) is 3.62. The zero-order valence-electron chi connectivity index (χ0n) is 10.4. The summed E-state index contributed by atoms with van der Waals surface area (Å²) in [7, 11) is 1.62. The van der Waals surface area contributed by atoms with E-state index < -0.39 is 0 Å². The van der Waals surface area contributed by atoms with Crippen LogP contribution in [0.15, 0.2) is 12.3 Å². The van der Waals surface area contributed by atoms with Crippen molar-refractivity contribution in [2.24, 2.45) is 5.92 Å². The van der Waals surface area contributed by atoms with Crippen molar-refractivity contribution < 1.29 is 14.5 Å². The fraction of sp³-hybridized carbons (Fsp3) is 0.538. The van der Waals surface area contributed by atoms with Crippen molar-refractivity contribution in [1.82, 2.24) is 5.32 Å². The number of ketones is 1. The summed E-state index contributed by atoms with van der Waals surface area (Å²) in [6.45, 7) is 3.82. The molecule has 92 valence electrons. The highest BCUT2D eigenvalue weighted by Crippen LogP contribution is 2.19. The molecule has 0 radical (unpaired) electrons. The van der Waals surface area contributed by atoms with Crippen molar-refractivity contribution in [2.45, 2.75) is 19.8 Å². The molecule has 4 heteroatoms. The fourth-order valence-electron chi connectivity index (χ4n) is 2.28. The summed E-state index contributed by atoms with van der Waals surface area (Å²) in [5, 5.41) is 3.27. The summed E-state index contributed by atoms with van der Waals surface area (Å²) in [5.41, 5.74) is 1.72. The van der Waals surface area contributed by atoms with E-state index >= 15 is 0 Å². The van der Waals surface area contributed by atoms with Crippen molar-refractivity contribution in [2.75, 3.05) is 20.2 Å². The van der Waals surface area contributed by atoms with Crippen LogP contribution in [-0.4, -0.2) is 26.0 Å². The van der Waals surface area contributed by atoms with Crippen LogP contribution in [0.3, 0.4) is 0 Å². The molecule has 0 atom stereocenters. The van der Waals surface area contributed by atoms with Gasteiger partial charge in [-0.15, -0.1) is 0 Å². The van der Waals surface area contributed by atoms with Crippen molar-refractivity contribution in [3.05, 3.63) is 23.4 Å². The number of hydrogen-bond acceptors (Lipinski definition) is 3. The molecule has 1 aliphatic heterocycles. The number of aryl methyl sites for hydroxylation is 1. The maximum atomic E-state index is 12.3. The number of piperidine rings is 1. The molecule has 0 unspecified atom stereocenters. The summed E-state index contributed by atoms with van der Waals surface area (Å²) >= 11 is 0. The van der Waals surface area contributed by atoms with Gasteiger partial charge in [0.25, 0.3) is 0 Å². The highest BCUT2D eigenvalue weighted by atomic mass is 16.5. The lowest BCUT2D eigenvalue weighted by Crippen LogP contribution is -2.32. The number of aromatic nitrogens is 1. The fourth-order valence-corrected chi connectivity index (χ4v) is 2.28. The lowest BCUT2D eigenvalue weighted by atomic mass is 9.90. The van der Waals surface area contributed by atoms with Crippen LogP contribution < -0.4 is 15.0 Å². The highest BCUT2D eigenvalue weighted by molar-refractivity contribution is 5.97. The third kappa shape index (κ3) is 2.64. The summed E-state index contributed by atoms with van der Waals surface area (Å²) in [4.78, 5) is 15.3. The van der Waals surface area contributed by atoms with E-state index in [1.807, 2.05) is 13.0 Å². The number of nitrogens with one attached hydrogen (secondary N) is 2. The predicted octanol–water partition coefficient (Wildman–Crippen LogP) is 1.00. The van der Waals surface area contributed by atoms with Crippen LogP contribution >= 0.6 is 0 Å². The molecule has 1 aromatic rings. The highest BCUT2D eigenvalue weighted by Gasteiger charge is 2.24. The molecule has 0 aliphatic carbocycles. The van der Waals surface area contributed by atoms with Gasteiger partial charge in [0, 0.05) is 5.92 Å². The van der Waals surface area contributed by atoms with E-state index in [1.54, 1.807) is 13.3 Å². The maximum Gasteiger partial charge on any atom is 0.368 e. The quantitative estimate of drug-likeness (QED) is 0.795. The van der Waals surface area contributed by atoms with Gasteiger partial charge in [0.05, 0.1) is 18.2 Å². The molecular formula is C13H19N2O2+. The number of pyridine rings is 1. The minimum Gasteiger partial charge on any atom is -0.448 e. The Labute approximate surface area is 101 Å². The first-order valence-electron chi connectivity index (χ1n) is 6.03. The second-order valence-corrected chi connectivity index (χ2v) is 4.49. The van der Waals surface area contributed by atoms with E-state index in [-0.39, 0.29) is 11.7 Å². The number of ether oxygens (including phenoxy) is 1. The summed E-state index contributed by atoms with van der Waals surface area (Å²) < 4.78 is 5.15. The van der Waals surface area contributed by atoms with Crippen molar-refractivity contribution in [3.63, 3.8) is 0 Å². The number of carbonyl (C=O) groups is 1. The molecule has 2 N–H and O–H groups in total. The summed E-state index contributed by atoms with van der Waals surface area (Å²) in [6, 6.07) is 1.90. The minimum atomic E-state index is 0.164. The molecule has 2 rings (SSSR count). The lowest BCUT2D eigenvalue weighted by molar-refractivity contribution is -0.393. The van der Waals surface area contributed by atoms with Crippen molar-refractivity contribution in [1.29, 1.82) is 0 Å². The number of aromatic amines is 1. The molecule has 17 heavy (non-hydrogen) atoms. The predicted molar refractivity (Wildman–Crippen MR) is 64.2 cm³/mol. The van der Waals surface area contributed by atoms with Gasteiger partial charge in [-0.25, -0.2) is 0 Å². The van der Waals surface area contributed by atoms with E-state index in [9.17, 15) is 4.79 Å². The Morgan fingerprint density at radius 1 is 1.47 bits per heavy atom. The Kier molecular flexibility index (Phi) is 3.74. The zero-order chi connectivity index (χ0) is 12.3. The van der Waals surface area contributed by atoms with Gasteiger partial charge in [-0.05, 0) is 38.9 Å². The van der Waals surface area contributed by atoms with Crippen LogP contribution in [0.2, 0.25) is 0 Å². The van der Waals surface area contributed by atoms with Gasteiger partial charge in [0.15, 0.2) is 12.0 Å². The van der Waals surface area contributed by atoms with Crippen LogP contribution in [0, 0.1) is 12.8 Å². The van der Waals surface area contributed by atoms with Crippen LogP contribution in [0.25, 0.3) is 0 Å². The number of Topliss-reactive ketones (excluding diaryl/α,β-unsaturated/α-hetero) is 1. The number of carbonyl (C=O) groups excluding carboxylic acids is 1. The molecule has 1 aromatic heterocycles. The molecule has 0 aromatic carbocycles. The topological polar surface area (TPSA) is 52.5 Å². The molecule has 2 heterocycles. The third-order valence-corrected chi connectivity index (χ3v) is 3.29. The number of rotatable bonds is 3. The van der Waals surface area contributed by atoms with Crippen LogP contribution in [0.4, 0.5) is 0 Å². The van der Waals surface area contributed by atoms with Crippen LogP contribution in [0.5, 0.6) is 5.88 Å². The van der Waals surface area contributed by atoms with Gasteiger partial charge in [-0.2, -0.15) is 4.98 Å². The first kappa shape index (κ1) is 12.0. The van der Waals surface area contributed by atoms with E-state index in [2.05, 4.69) is 10.3 Å². The Balaban J connectivity index is 2.16. The third-order valence-electron chi connectivity index (χ3n) is 3.29. The largest absolute Gasteiger partial charge is 0.448 e. The Bertz CT molecular complexity index is 412. The SMILES string of the molecule is COc1[nH+]cc(C(=O)C2CCNCC2)cc1C. The standard InChI is InChI=1S/C13H18N2O2/c1-9-7-11(8-15-13(9)17-2)12(16)10-3-5-14-6-4-10/h7-8,10,14H,3-6H2,1-2H3/p+1. The molecule has 0 bridgehead atoms. The van der Waals surface area contributed by atoms with E-state index in [0.717, 1.165) is 37.1 Å². The second kappa shape index (κ2) is 5.27. The van der Waals surface area contributed by atoms with E-state index in [4.69, 9.17) is 4.74 Å². The van der Waals surface area contributed by atoms with Gasteiger partial charge in [0.2, 0.25) is 0 Å². The molecule has 4 nitrogen and oxygen atoms in total. The molecule has 0 amide bonds. The normalized spacial score (nSPS) is 16.8. The minimum absolute atomic E-state index is 0.164. The Morgan fingerprint density at radius 3 is 2.76 bits per heavy atom. The number of hydrogen-bond donors (Lipinski definition) is 1. The van der Waals surface area contributed by atoms with E-state index in [1.165, 1.54) is 0 Å². The molecule has 0 spiro atoms. The monoisotopic (exact) mass is 235 g/mol. The van der Waals surface area contributed by atoms with Crippen molar-refractivity contribution in [3.8, 4) is 5.88 Å². The Hall–Kier alpha value is -1.42.